The minimum absolute atomic E-state index is 0.0173. The SMILES string of the molecule is COc1ccc(C(=O)CCC(=O)N2c3ccccc3C[C@H]2C)cc1OC. The number of carbonyl (C=O) groups is 2. The highest BCUT2D eigenvalue weighted by molar-refractivity contribution is 6.02. The standard InChI is InChI=1S/C21H23NO4/c1-14-12-15-6-4-5-7-17(15)22(14)21(24)11-9-18(23)16-8-10-19(25-2)20(13-16)26-3/h4-8,10,13-14H,9,11-12H2,1-3H3/t14-/m1/s1. The molecule has 0 aromatic heterocycles. The second-order valence-corrected chi connectivity index (χ2v) is 6.44. The summed E-state index contributed by atoms with van der Waals surface area (Å²) in [4.78, 5) is 27.0. The minimum atomic E-state index is -0.0839. The van der Waals surface area contributed by atoms with Crippen LogP contribution in [0.25, 0.3) is 0 Å². The van der Waals surface area contributed by atoms with Crippen molar-refractivity contribution in [3.8, 4) is 11.5 Å². The number of amides is 1. The van der Waals surface area contributed by atoms with Crippen LogP contribution in [0.3, 0.4) is 0 Å². The van der Waals surface area contributed by atoms with Crippen LogP contribution in [-0.4, -0.2) is 32.0 Å². The fraction of sp³-hybridized carbons (Fsp3) is 0.333. The topological polar surface area (TPSA) is 55.8 Å². The Morgan fingerprint density at radius 1 is 1.04 bits per heavy atom. The van der Waals surface area contributed by atoms with Gasteiger partial charge in [-0.2, -0.15) is 0 Å². The van der Waals surface area contributed by atoms with Crippen molar-refractivity contribution in [3.05, 3.63) is 53.6 Å². The van der Waals surface area contributed by atoms with Gasteiger partial charge in [0.2, 0.25) is 5.91 Å². The molecule has 1 aliphatic heterocycles. The van der Waals surface area contributed by atoms with Gasteiger partial charge in [-0.1, -0.05) is 18.2 Å². The van der Waals surface area contributed by atoms with Crippen molar-refractivity contribution in [2.45, 2.75) is 32.2 Å². The van der Waals surface area contributed by atoms with Gasteiger partial charge in [0, 0.05) is 30.1 Å². The normalized spacial score (nSPS) is 15.5. The molecule has 1 heterocycles. The third-order valence-electron chi connectivity index (χ3n) is 4.75. The van der Waals surface area contributed by atoms with Crippen LogP contribution >= 0.6 is 0 Å². The van der Waals surface area contributed by atoms with E-state index >= 15 is 0 Å². The Balaban J connectivity index is 1.67. The van der Waals surface area contributed by atoms with Gasteiger partial charge in [-0.25, -0.2) is 0 Å². The number of Topliss-reactive ketones (excluding diaryl/α,β-unsaturated/α-hetero) is 1. The summed E-state index contributed by atoms with van der Waals surface area (Å²) in [5.74, 6) is 0.977. The largest absolute Gasteiger partial charge is 0.493 e. The van der Waals surface area contributed by atoms with Crippen molar-refractivity contribution in [3.63, 3.8) is 0 Å². The Kier molecular flexibility index (Phi) is 5.26. The molecule has 3 rings (SSSR count). The van der Waals surface area contributed by atoms with Crippen LogP contribution in [0.1, 0.15) is 35.7 Å². The van der Waals surface area contributed by atoms with Crippen LogP contribution in [-0.2, 0) is 11.2 Å². The summed E-state index contributed by atoms with van der Waals surface area (Å²) in [7, 11) is 3.08. The fourth-order valence-corrected chi connectivity index (χ4v) is 3.44. The molecular formula is C21H23NO4. The lowest BCUT2D eigenvalue weighted by molar-refractivity contribution is -0.118. The highest BCUT2D eigenvalue weighted by atomic mass is 16.5. The lowest BCUT2D eigenvalue weighted by atomic mass is 10.1. The van der Waals surface area contributed by atoms with Crippen LogP contribution in [0.5, 0.6) is 11.5 Å². The van der Waals surface area contributed by atoms with Crippen molar-refractivity contribution >= 4 is 17.4 Å². The lowest BCUT2D eigenvalue weighted by Crippen LogP contribution is -2.35. The van der Waals surface area contributed by atoms with Gasteiger partial charge in [-0.05, 0) is 43.2 Å². The van der Waals surface area contributed by atoms with Crippen LogP contribution in [0.15, 0.2) is 42.5 Å². The van der Waals surface area contributed by atoms with E-state index in [1.165, 1.54) is 12.7 Å². The highest BCUT2D eigenvalue weighted by Gasteiger charge is 2.30. The maximum absolute atomic E-state index is 12.7. The molecule has 0 spiro atoms. The summed E-state index contributed by atoms with van der Waals surface area (Å²) in [6.07, 6.45) is 1.21. The molecule has 0 radical (unpaired) electrons. The van der Waals surface area contributed by atoms with Crippen molar-refractivity contribution in [2.24, 2.45) is 0 Å². The molecule has 2 aromatic rings. The first-order chi connectivity index (χ1) is 12.5. The third kappa shape index (κ3) is 3.43. The van der Waals surface area contributed by atoms with Gasteiger partial charge in [0.1, 0.15) is 0 Å². The summed E-state index contributed by atoms with van der Waals surface area (Å²) in [6.45, 7) is 2.04. The average molecular weight is 353 g/mol. The fourth-order valence-electron chi connectivity index (χ4n) is 3.44. The first kappa shape index (κ1) is 18.0. The Hall–Kier alpha value is -2.82. The number of hydrogen-bond donors (Lipinski definition) is 0. The zero-order valence-electron chi connectivity index (χ0n) is 15.3. The molecular weight excluding hydrogens is 330 g/mol. The number of rotatable bonds is 6. The second-order valence-electron chi connectivity index (χ2n) is 6.44. The monoisotopic (exact) mass is 353 g/mol. The van der Waals surface area contributed by atoms with Gasteiger partial charge in [0.25, 0.3) is 0 Å². The summed E-state index contributed by atoms with van der Waals surface area (Å²) in [5, 5.41) is 0. The molecule has 0 bridgehead atoms. The molecule has 0 aliphatic carbocycles. The zero-order chi connectivity index (χ0) is 18.7. The number of carbonyl (C=O) groups excluding carboxylic acids is 2. The third-order valence-corrected chi connectivity index (χ3v) is 4.75. The number of hydrogen-bond acceptors (Lipinski definition) is 4. The Morgan fingerprint density at radius 2 is 1.77 bits per heavy atom. The molecule has 136 valence electrons. The second kappa shape index (κ2) is 7.60. The van der Waals surface area contributed by atoms with Crippen LogP contribution in [0.4, 0.5) is 5.69 Å². The van der Waals surface area contributed by atoms with Crippen molar-refractivity contribution < 1.29 is 19.1 Å². The van der Waals surface area contributed by atoms with E-state index < -0.39 is 0 Å². The molecule has 5 heteroatoms. The molecule has 26 heavy (non-hydrogen) atoms. The van der Waals surface area contributed by atoms with Gasteiger partial charge in [-0.3, -0.25) is 9.59 Å². The van der Waals surface area contributed by atoms with E-state index in [-0.39, 0.29) is 30.6 Å². The van der Waals surface area contributed by atoms with Crippen LogP contribution in [0, 0.1) is 0 Å². The number of anilines is 1. The predicted molar refractivity (Wildman–Crippen MR) is 100 cm³/mol. The van der Waals surface area contributed by atoms with E-state index in [0.717, 1.165) is 12.1 Å². The quantitative estimate of drug-likeness (QED) is 0.744. The van der Waals surface area contributed by atoms with Crippen molar-refractivity contribution in [1.82, 2.24) is 0 Å². The Bertz CT molecular complexity index is 831. The minimum Gasteiger partial charge on any atom is -0.493 e. The molecule has 0 fully saturated rings. The van der Waals surface area contributed by atoms with Gasteiger partial charge < -0.3 is 14.4 Å². The van der Waals surface area contributed by atoms with Crippen molar-refractivity contribution in [1.29, 1.82) is 0 Å². The zero-order valence-corrected chi connectivity index (χ0v) is 15.3. The molecule has 1 amide bonds. The number of para-hydroxylation sites is 1. The van der Waals surface area contributed by atoms with Gasteiger partial charge in [-0.15, -0.1) is 0 Å². The predicted octanol–water partition coefficient (Wildman–Crippen LogP) is 3.64. The Labute approximate surface area is 153 Å². The molecule has 5 nitrogen and oxygen atoms in total. The smallest absolute Gasteiger partial charge is 0.227 e. The van der Waals surface area contributed by atoms with Crippen LogP contribution < -0.4 is 14.4 Å². The first-order valence-corrected chi connectivity index (χ1v) is 8.70. The lowest BCUT2D eigenvalue weighted by Gasteiger charge is -2.22. The van der Waals surface area contributed by atoms with E-state index in [2.05, 4.69) is 0 Å². The van der Waals surface area contributed by atoms with E-state index in [1.807, 2.05) is 36.1 Å². The van der Waals surface area contributed by atoms with Crippen LogP contribution in [0.2, 0.25) is 0 Å². The highest BCUT2D eigenvalue weighted by Crippen LogP contribution is 2.33. The molecule has 0 N–H and O–H groups in total. The number of benzene rings is 2. The average Bonchev–Trinajstić information content (AvgIpc) is 3.00. The molecule has 0 saturated carbocycles. The van der Waals surface area contributed by atoms with E-state index in [1.54, 1.807) is 25.3 Å². The van der Waals surface area contributed by atoms with E-state index in [9.17, 15) is 9.59 Å². The van der Waals surface area contributed by atoms with E-state index in [4.69, 9.17) is 9.47 Å². The Morgan fingerprint density at radius 3 is 2.50 bits per heavy atom. The summed E-state index contributed by atoms with van der Waals surface area (Å²) < 4.78 is 10.4. The van der Waals surface area contributed by atoms with Gasteiger partial charge in [0.05, 0.1) is 14.2 Å². The molecule has 0 saturated heterocycles. The van der Waals surface area contributed by atoms with Gasteiger partial charge in [0.15, 0.2) is 17.3 Å². The number of methoxy groups -OCH3 is 2. The number of fused-ring (bicyclic) bond motifs is 1. The first-order valence-electron chi connectivity index (χ1n) is 8.70. The maximum atomic E-state index is 12.7. The molecule has 1 aliphatic rings. The van der Waals surface area contributed by atoms with Crippen molar-refractivity contribution in [2.75, 3.05) is 19.1 Å². The summed E-state index contributed by atoms with van der Waals surface area (Å²) >= 11 is 0. The van der Waals surface area contributed by atoms with Gasteiger partial charge >= 0.3 is 0 Å². The molecule has 0 unspecified atom stereocenters. The summed E-state index contributed by atoms with van der Waals surface area (Å²) in [5.41, 5.74) is 2.66. The maximum Gasteiger partial charge on any atom is 0.227 e. The molecule has 2 aromatic carbocycles. The number of nitrogens with zero attached hydrogens (tertiary/aromatic N) is 1. The number of ketones is 1. The summed E-state index contributed by atoms with van der Waals surface area (Å²) in [6, 6.07) is 13.1. The van der Waals surface area contributed by atoms with E-state index in [0.29, 0.717) is 17.1 Å². The molecule has 1 atom stereocenters. The number of ether oxygens (including phenoxy) is 2.